The molecule has 0 aliphatic carbocycles. The Bertz CT molecular complexity index is 3390. The van der Waals surface area contributed by atoms with Crippen LogP contribution in [0.25, 0.3) is 0 Å². The molecule has 0 bridgehead atoms. The third kappa shape index (κ3) is 23.1. The van der Waals surface area contributed by atoms with Gasteiger partial charge in [0.25, 0.3) is 0 Å². The van der Waals surface area contributed by atoms with Crippen LogP contribution in [-0.2, 0) is 63.9 Å². The van der Waals surface area contributed by atoms with Gasteiger partial charge in [0.2, 0.25) is 23.6 Å². The lowest BCUT2D eigenvalue weighted by molar-refractivity contribution is -0.146. The summed E-state index contributed by atoms with van der Waals surface area (Å²) in [6, 6.07) is 45.7. The number of fused-ring (bicyclic) bond motifs is 1. The van der Waals surface area contributed by atoms with Crippen molar-refractivity contribution in [2.45, 2.75) is 76.3 Å². The number of hydrogen-bond donors (Lipinski definition) is 2. The molecule has 16 nitrogen and oxygen atoms in total. The van der Waals surface area contributed by atoms with Crippen molar-refractivity contribution >= 4 is 70.3 Å². The first-order valence-electron chi connectivity index (χ1n) is 29.8. The van der Waals surface area contributed by atoms with Gasteiger partial charge in [0.1, 0.15) is 36.8 Å². The molecule has 0 radical (unpaired) electrons. The quantitative estimate of drug-likeness (QED) is 0.0312. The summed E-state index contributed by atoms with van der Waals surface area (Å²) >= 11 is 12.4. The molecule has 90 heavy (non-hydrogen) atoms. The molecule has 7 rings (SSSR count). The zero-order valence-electron chi connectivity index (χ0n) is 50.9. The van der Waals surface area contributed by atoms with Crippen LogP contribution in [-0.4, -0.2) is 123 Å². The highest BCUT2D eigenvalue weighted by Crippen LogP contribution is 2.29. The van der Waals surface area contributed by atoms with Crippen molar-refractivity contribution in [1.29, 1.82) is 0 Å². The van der Waals surface area contributed by atoms with Gasteiger partial charge in [-0.3, -0.25) is 28.8 Å². The largest absolute Gasteiger partial charge is 0.489 e. The Kier molecular flexibility index (Phi) is 29.3. The van der Waals surface area contributed by atoms with Crippen molar-refractivity contribution in [3.8, 4) is 11.5 Å². The molecule has 4 atom stereocenters. The van der Waals surface area contributed by atoms with E-state index in [9.17, 15) is 38.4 Å². The summed E-state index contributed by atoms with van der Waals surface area (Å²) in [7, 11) is 2.46. The van der Waals surface area contributed by atoms with Crippen LogP contribution in [0.5, 0.6) is 11.5 Å². The van der Waals surface area contributed by atoms with Gasteiger partial charge in [-0.15, -0.1) is 6.58 Å². The second-order valence-electron chi connectivity index (χ2n) is 21.4. The van der Waals surface area contributed by atoms with E-state index >= 15 is 0 Å². The highest BCUT2D eigenvalue weighted by molar-refractivity contribution is 6.31. The Morgan fingerprint density at radius 3 is 2.01 bits per heavy atom. The van der Waals surface area contributed by atoms with E-state index in [0.29, 0.717) is 66.1 Å². The molecule has 0 saturated heterocycles. The summed E-state index contributed by atoms with van der Waals surface area (Å²) in [6.45, 7) is 9.36. The van der Waals surface area contributed by atoms with Crippen LogP contribution in [0.2, 0.25) is 10.0 Å². The number of hydrogen-bond acceptors (Lipinski definition) is 12. The zero-order valence-corrected chi connectivity index (χ0v) is 52.4. The third-order valence-corrected chi connectivity index (χ3v) is 15.4. The number of benzene rings is 6. The molecule has 2 N–H and O–H groups in total. The van der Waals surface area contributed by atoms with E-state index < -0.39 is 47.7 Å². The topological polar surface area (TPSA) is 204 Å². The third-order valence-electron chi connectivity index (χ3n) is 14.9. The standard InChI is InChI=1S/C37H41ClN2O6.C35H37ClN2O6/c1-4-21-40(22-20-27-12-8-6-9-13-27)35(42)19-18-32(37(44)45-3)39-36(43)29(24-28-14-10-7-11-15-28)25-33(41)31-17-16-30(38)26-34(31)46-23-5-2;1-43-35(42)30-16-17-33(40)38(20-18-25-10-4-2-5-11-25)19-8-9-21-44-32-24-28(36)14-15-29(32)31(39)23-27(34(41)37-30)22-26-12-6-3-7-13-26/h4-17,26,29,32H,1-2,18-25H2,3H3,(H,39,43);2-15,24,27,30H,16-23H2,1H3,(H,37,41)/b;9-8+/t29-,32-;27-,30-/m00/s1. The summed E-state index contributed by atoms with van der Waals surface area (Å²) in [5.41, 5.74) is 4.49. The molecule has 1 aliphatic heterocycles. The predicted octanol–water partition coefficient (Wildman–Crippen LogP) is 11.3. The molecule has 0 fully saturated rings. The van der Waals surface area contributed by atoms with E-state index in [4.69, 9.17) is 42.1 Å². The van der Waals surface area contributed by atoms with Crippen LogP contribution in [0.4, 0.5) is 0 Å². The fourth-order valence-corrected chi connectivity index (χ4v) is 10.4. The van der Waals surface area contributed by atoms with Gasteiger partial charge in [-0.05, 0) is 103 Å². The number of amides is 4. The number of carbonyl (C=O) groups is 8. The number of rotatable bonds is 25. The maximum absolute atomic E-state index is 13.8. The lowest BCUT2D eigenvalue weighted by Crippen LogP contribution is -2.46. The lowest BCUT2D eigenvalue weighted by atomic mass is 9.90. The molecule has 6 aromatic rings. The average molecular weight is 1260 g/mol. The predicted molar refractivity (Wildman–Crippen MR) is 348 cm³/mol. The van der Waals surface area contributed by atoms with E-state index in [-0.39, 0.29) is 93.5 Å². The van der Waals surface area contributed by atoms with Gasteiger partial charge in [0.05, 0.1) is 25.3 Å². The SMILES string of the molecule is C=CCOc1cc(Cl)ccc1C(=O)C[C@H](Cc1ccccc1)C(=O)N[C@@H](CCC(=O)N(CC=C)CCc1ccccc1)C(=O)OC.COC(=O)[C@@H]1CCC(=O)N(CCc2ccccc2)C/C=C/COc2cc(Cl)ccc2C(=O)C[C@H](Cc2ccccc2)C(=O)N1. The van der Waals surface area contributed by atoms with E-state index in [2.05, 4.69) is 23.8 Å². The monoisotopic (exact) mass is 1260 g/mol. The van der Waals surface area contributed by atoms with Crippen LogP contribution >= 0.6 is 23.2 Å². The highest BCUT2D eigenvalue weighted by Gasteiger charge is 2.32. The molecule has 1 heterocycles. The fraction of sp³-hybridized carbons (Fsp3) is 0.306. The zero-order chi connectivity index (χ0) is 64.6. The number of nitrogens with one attached hydrogen (secondary N) is 2. The van der Waals surface area contributed by atoms with Gasteiger partial charge in [0.15, 0.2) is 11.6 Å². The van der Waals surface area contributed by atoms with E-state index in [0.717, 1.165) is 22.3 Å². The summed E-state index contributed by atoms with van der Waals surface area (Å²) in [5.74, 6) is -4.30. The van der Waals surface area contributed by atoms with Crippen molar-refractivity contribution in [3.63, 3.8) is 0 Å². The molecule has 472 valence electrons. The Morgan fingerprint density at radius 2 is 1.38 bits per heavy atom. The molecule has 0 spiro atoms. The number of Topliss-reactive ketones (excluding diaryl/α,β-unsaturated/α-hetero) is 2. The minimum absolute atomic E-state index is 0.000262. The van der Waals surface area contributed by atoms with Gasteiger partial charge >= 0.3 is 11.9 Å². The first-order valence-corrected chi connectivity index (χ1v) is 30.6. The van der Waals surface area contributed by atoms with E-state index in [1.165, 1.54) is 14.2 Å². The molecule has 1 aliphatic rings. The minimum atomic E-state index is -1.09. The van der Waals surface area contributed by atoms with Gasteiger partial charge in [-0.25, -0.2) is 9.59 Å². The highest BCUT2D eigenvalue weighted by atomic mass is 35.5. The Balaban J connectivity index is 0.000000287. The number of ketones is 2. The summed E-state index contributed by atoms with van der Waals surface area (Å²) in [5, 5.41) is 6.35. The number of ether oxygens (including phenoxy) is 4. The maximum Gasteiger partial charge on any atom is 0.328 e. The number of esters is 2. The summed E-state index contributed by atoms with van der Waals surface area (Å²) in [6.07, 6.45) is 8.48. The molecule has 6 aromatic carbocycles. The molecule has 4 amide bonds. The van der Waals surface area contributed by atoms with Crippen molar-refractivity contribution in [2.24, 2.45) is 11.8 Å². The lowest BCUT2D eigenvalue weighted by Gasteiger charge is -2.24. The molecule has 0 saturated carbocycles. The second kappa shape index (κ2) is 37.7. The summed E-state index contributed by atoms with van der Waals surface area (Å²) < 4.78 is 21.6. The van der Waals surface area contributed by atoms with Crippen LogP contribution in [0.1, 0.15) is 81.5 Å². The minimum Gasteiger partial charge on any atom is -0.489 e. The Morgan fingerprint density at radius 1 is 0.756 bits per heavy atom. The average Bonchev–Trinajstić information content (AvgIpc) is 1.42. The normalized spacial score (nSPS) is 15.5. The molecular formula is C72H78Cl2N4O12. The van der Waals surface area contributed by atoms with Gasteiger partial charge in [-0.1, -0.05) is 169 Å². The van der Waals surface area contributed by atoms with Gasteiger partial charge in [-0.2, -0.15) is 0 Å². The van der Waals surface area contributed by atoms with Gasteiger partial charge < -0.3 is 39.4 Å². The number of nitrogens with zero attached hydrogens (tertiary/aromatic N) is 2. The molecule has 18 heteroatoms. The maximum atomic E-state index is 13.8. The van der Waals surface area contributed by atoms with Crippen molar-refractivity contribution in [1.82, 2.24) is 20.4 Å². The van der Waals surface area contributed by atoms with Crippen molar-refractivity contribution < 1.29 is 57.3 Å². The second-order valence-corrected chi connectivity index (χ2v) is 22.2. The Labute approximate surface area is 537 Å². The number of halogens is 2. The molecule has 0 unspecified atom stereocenters. The van der Waals surface area contributed by atoms with Crippen LogP contribution in [0.3, 0.4) is 0 Å². The van der Waals surface area contributed by atoms with Crippen LogP contribution < -0.4 is 20.1 Å². The molecule has 0 aromatic heterocycles. The first-order chi connectivity index (χ1) is 43.6. The van der Waals surface area contributed by atoms with Crippen LogP contribution in [0.15, 0.2) is 195 Å². The number of carbonyl (C=O) groups excluding carboxylic acids is 8. The van der Waals surface area contributed by atoms with E-state index in [1.807, 2.05) is 127 Å². The van der Waals surface area contributed by atoms with Crippen LogP contribution in [0, 0.1) is 11.8 Å². The first kappa shape index (κ1) is 70.0. The smallest absolute Gasteiger partial charge is 0.328 e. The van der Waals surface area contributed by atoms with Crippen molar-refractivity contribution in [2.75, 3.05) is 53.6 Å². The number of methoxy groups -OCH3 is 2. The van der Waals surface area contributed by atoms with E-state index in [1.54, 1.807) is 64.4 Å². The fourth-order valence-electron chi connectivity index (χ4n) is 10.1. The molecular weight excluding hydrogens is 1180 g/mol. The Hall–Kier alpha value is -9.12. The van der Waals surface area contributed by atoms with Gasteiger partial charge in [0, 0.05) is 73.7 Å². The van der Waals surface area contributed by atoms with Crippen molar-refractivity contribution in [3.05, 3.63) is 239 Å². The summed E-state index contributed by atoms with van der Waals surface area (Å²) in [4.78, 5) is 110.